The minimum absolute atomic E-state index is 0.224. The Hall–Kier alpha value is -2.47. The second kappa shape index (κ2) is 5.49. The lowest BCUT2D eigenvalue weighted by Gasteiger charge is -2.06. The third kappa shape index (κ3) is 2.85. The third-order valence-corrected chi connectivity index (χ3v) is 3.79. The molecule has 0 fully saturated rings. The number of para-hydroxylation sites is 1. The molecule has 0 aliphatic heterocycles. The zero-order valence-electron chi connectivity index (χ0n) is 11.2. The number of pyridine rings is 1. The molecule has 1 N–H and O–H groups in total. The van der Waals surface area contributed by atoms with Crippen molar-refractivity contribution in [1.29, 1.82) is 0 Å². The Kier molecular flexibility index (Phi) is 3.53. The molecule has 0 spiro atoms. The van der Waals surface area contributed by atoms with E-state index in [4.69, 9.17) is 0 Å². The van der Waals surface area contributed by atoms with Crippen LogP contribution in [0.4, 0.5) is 0 Å². The lowest BCUT2D eigenvalue weighted by molar-refractivity contribution is 0.112. The zero-order valence-corrected chi connectivity index (χ0v) is 12.0. The average molecular weight is 297 g/mol. The summed E-state index contributed by atoms with van der Waals surface area (Å²) in [6.07, 6.45) is 0.760. The molecule has 0 unspecified atom stereocenters. The second-order valence-electron chi connectivity index (χ2n) is 4.49. The van der Waals surface area contributed by atoms with Gasteiger partial charge in [-0.3, -0.25) is 9.59 Å². The molecule has 104 valence electrons. The van der Waals surface area contributed by atoms with Crippen LogP contribution in [-0.4, -0.2) is 21.2 Å². The SMILES string of the molecule is Cc1cc(=O)[nH]c(Sc2nc3ccccc3cc2C=O)n1. The van der Waals surface area contributed by atoms with E-state index in [2.05, 4.69) is 15.0 Å². The molecule has 0 aliphatic rings. The molecule has 0 saturated carbocycles. The maximum Gasteiger partial charge on any atom is 0.251 e. The van der Waals surface area contributed by atoms with Gasteiger partial charge in [0, 0.05) is 22.7 Å². The lowest BCUT2D eigenvalue weighted by Crippen LogP contribution is -2.08. The van der Waals surface area contributed by atoms with E-state index in [9.17, 15) is 9.59 Å². The molecule has 0 saturated heterocycles. The molecule has 21 heavy (non-hydrogen) atoms. The van der Waals surface area contributed by atoms with Gasteiger partial charge >= 0.3 is 0 Å². The number of fused-ring (bicyclic) bond motifs is 1. The van der Waals surface area contributed by atoms with Gasteiger partial charge in [0.25, 0.3) is 5.56 Å². The summed E-state index contributed by atoms with van der Waals surface area (Å²) in [5, 5.41) is 1.85. The number of nitrogens with one attached hydrogen (secondary N) is 1. The van der Waals surface area contributed by atoms with E-state index in [1.807, 2.05) is 24.3 Å². The van der Waals surface area contributed by atoms with Gasteiger partial charge < -0.3 is 4.98 Å². The third-order valence-electron chi connectivity index (χ3n) is 2.89. The summed E-state index contributed by atoms with van der Waals surface area (Å²) < 4.78 is 0. The number of rotatable bonds is 3. The van der Waals surface area contributed by atoms with Crippen LogP contribution in [-0.2, 0) is 0 Å². The normalized spacial score (nSPS) is 10.7. The van der Waals surface area contributed by atoms with E-state index < -0.39 is 0 Å². The van der Waals surface area contributed by atoms with E-state index in [0.717, 1.165) is 17.2 Å². The van der Waals surface area contributed by atoms with Crippen LogP contribution >= 0.6 is 11.8 Å². The van der Waals surface area contributed by atoms with Crippen LogP contribution in [0.1, 0.15) is 16.1 Å². The van der Waals surface area contributed by atoms with Crippen LogP contribution in [0.2, 0.25) is 0 Å². The Morgan fingerprint density at radius 1 is 1.19 bits per heavy atom. The number of hydrogen-bond acceptors (Lipinski definition) is 5. The number of benzene rings is 1. The highest BCUT2D eigenvalue weighted by Gasteiger charge is 2.10. The fourth-order valence-electron chi connectivity index (χ4n) is 1.97. The van der Waals surface area contributed by atoms with Crippen molar-refractivity contribution in [3.63, 3.8) is 0 Å². The van der Waals surface area contributed by atoms with Gasteiger partial charge in [-0.05, 0) is 30.8 Å². The summed E-state index contributed by atoms with van der Waals surface area (Å²) in [4.78, 5) is 34.1. The summed E-state index contributed by atoms with van der Waals surface area (Å²) in [6.45, 7) is 1.74. The summed E-state index contributed by atoms with van der Waals surface area (Å²) in [5.74, 6) is 0. The van der Waals surface area contributed by atoms with Gasteiger partial charge in [-0.25, -0.2) is 9.97 Å². The van der Waals surface area contributed by atoms with E-state index in [0.29, 0.717) is 21.4 Å². The summed E-state index contributed by atoms with van der Waals surface area (Å²) >= 11 is 1.17. The average Bonchev–Trinajstić information content (AvgIpc) is 2.45. The molecule has 3 aromatic rings. The van der Waals surface area contributed by atoms with Crippen LogP contribution in [0.5, 0.6) is 0 Å². The number of carbonyl (C=O) groups is 1. The summed E-state index contributed by atoms with van der Waals surface area (Å²) in [7, 11) is 0. The van der Waals surface area contributed by atoms with Gasteiger partial charge in [-0.15, -0.1) is 0 Å². The first-order chi connectivity index (χ1) is 10.2. The largest absolute Gasteiger partial charge is 0.301 e. The van der Waals surface area contributed by atoms with Gasteiger partial charge in [0.05, 0.1) is 5.52 Å². The molecule has 0 bridgehead atoms. The van der Waals surface area contributed by atoms with Gasteiger partial charge in [0.1, 0.15) is 5.03 Å². The summed E-state index contributed by atoms with van der Waals surface area (Å²) in [5.41, 5.74) is 1.66. The molecule has 0 atom stereocenters. The topological polar surface area (TPSA) is 75.7 Å². The van der Waals surface area contributed by atoms with Crippen LogP contribution in [0.25, 0.3) is 10.9 Å². The van der Waals surface area contributed by atoms with Gasteiger partial charge in [0.15, 0.2) is 11.4 Å². The van der Waals surface area contributed by atoms with Gasteiger partial charge in [0.2, 0.25) is 0 Å². The molecule has 6 heteroatoms. The van der Waals surface area contributed by atoms with Crippen LogP contribution in [0.15, 0.2) is 51.4 Å². The number of carbonyl (C=O) groups excluding carboxylic acids is 1. The number of aldehydes is 1. The molecule has 0 amide bonds. The number of aromatic nitrogens is 3. The lowest BCUT2D eigenvalue weighted by atomic mass is 10.2. The highest BCUT2D eigenvalue weighted by molar-refractivity contribution is 7.99. The van der Waals surface area contributed by atoms with Crippen molar-refractivity contribution in [3.05, 3.63) is 58.0 Å². The van der Waals surface area contributed by atoms with Crippen LogP contribution in [0.3, 0.4) is 0 Å². The first-order valence-electron chi connectivity index (χ1n) is 6.26. The minimum atomic E-state index is -0.224. The second-order valence-corrected chi connectivity index (χ2v) is 5.46. The molecular weight excluding hydrogens is 286 g/mol. The van der Waals surface area contributed by atoms with E-state index in [-0.39, 0.29) is 5.56 Å². The zero-order chi connectivity index (χ0) is 14.8. The quantitative estimate of drug-likeness (QED) is 0.594. The van der Waals surface area contributed by atoms with Crippen molar-refractivity contribution in [2.45, 2.75) is 17.1 Å². The first kappa shape index (κ1) is 13.5. The predicted molar refractivity (Wildman–Crippen MR) is 80.8 cm³/mol. The highest BCUT2D eigenvalue weighted by Crippen LogP contribution is 2.27. The predicted octanol–water partition coefficient (Wildman–Crippen LogP) is 2.59. The van der Waals surface area contributed by atoms with E-state index in [1.54, 1.807) is 13.0 Å². The Bertz CT molecular complexity index is 889. The molecule has 0 aliphatic carbocycles. The Morgan fingerprint density at radius 3 is 2.76 bits per heavy atom. The van der Waals surface area contributed by atoms with E-state index >= 15 is 0 Å². The van der Waals surface area contributed by atoms with Crippen molar-refractivity contribution in [1.82, 2.24) is 15.0 Å². The van der Waals surface area contributed by atoms with E-state index in [1.165, 1.54) is 17.8 Å². The summed E-state index contributed by atoms with van der Waals surface area (Å²) in [6, 6.07) is 10.8. The molecule has 5 nitrogen and oxygen atoms in total. The maximum absolute atomic E-state index is 11.5. The van der Waals surface area contributed by atoms with Gasteiger partial charge in [-0.1, -0.05) is 18.2 Å². The molecule has 3 rings (SSSR count). The minimum Gasteiger partial charge on any atom is -0.301 e. The Morgan fingerprint density at radius 2 is 2.00 bits per heavy atom. The number of aromatic amines is 1. The Labute approximate surface area is 124 Å². The molecule has 0 radical (unpaired) electrons. The van der Waals surface area contributed by atoms with Crippen molar-refractivity contribution < 1.29 is 4.79 Å². The monoisotopic (exact) mass is 297 g/mol. The number of aryl methyl sites for hydroxylation is 1. The molecular formula is C15H11N3O2S. The maximum atomic E-state index is 11.5. The van der Waals surface area contributed by atoms with Crippen molar-refractivity contribution in [3.8, 4) is 0 Å². The fourth-order valence-corrected chi connectivity index (χ4v) is 2.87. The first-order valence-corrected chi connectivity index (χ1v) is 7.08. The van der Waals surface area contributed by atoms with Crippen molar-refractivity contribution in [2.75, 3.05) is 0 Å². The van der Waals surface area contributed by atoms with Crippen LogP contribution in [0, 0.1) is 6.92 Å². The smallest absolute Gasteiger partial charge is 0.251 e. The van der Waals surface area contributed by atoms with Crippen LogP contribution < -0.4 is 5.56 Å². The number of H-pyrrole nitrogens is 1. The Balaban J connectivity index is 2.10. The fraction of sp³-hybridized carbons (Fsp3) is 0.0667. The molecule has 2 heterocycles. The molecule has 2 aromatic heterocycles. The van der Waals surface area contributed by atoms with Crippen molar-refractivity contribution in [2.24, 2.45) is 0 Å². The number of hydrogen-bond donors (Lipinski definition) is 1. The van der Waals surface area contributed by atoms with Crippen molar-refractivity contribution >= 4 is 29.0 Å². The number of nitrogens with zero attached hydrogens (tertiary/aromatic N) is 2. The standard InChI is InChI=1S/C15H11N3O2S/c1-9-6-13(20)18-15(16-9)21-14-11(8-19)7-10-4-2-3-5-12(10)17-14/h2-8H,1H3,(H,16,18,20). The van der Waals surface area contributed by atoms with Gasteiger partial charge in [-0.2, -0.15) is 0 Å². The molecule has 1 aromatic carbocycles. The highest BCUT2D eigenvalue weighted by atomic mass is 32.2.